The maximum atomic E-state index is 11.6. The molecule has 0 atom stereocenters. The molecule has 3 rings (SSSR count). The van der Waals surface area contributed by atoms with Crippen molar-refractivity contribution in [3.05, 3.63) is 47.5 Å². The Kier molecular flexibility index (Phi) is 3.80. The summed E-state index contributed by atoms with van der Waals surface area (Å²) in [5.41, 5.74) is 0.815. The number of hydrogen-bond acceptors (Lipinski definition) is 5. The summed E-state index contributed by atoms with van der Waals surface area (Å²) < 4.78 is 15.5. The highest BCUT2D eigenvalue weighted by Gasteiger charge is 2.18. The Bertz CT molecular complexity index is 794. The molecule has 23 heavy (non-hydrogen) atoms. The molecule has 2 aromatic carbocycles. The van der Waals surface area contributed by atoms with Crippen LogP contribution >= 0.6 is 0 Å². The molecule has 0 aliphatic carbocycles. The Hall–Kier alpha value is -3.15. The number of methoxy groups -OCH3 is 1. The van der Waals surface area contributed by atoms with Gasteiger partial charge in [-0.3, -0.25) is 0 Å². The Morgan fingerprint density at radius 1 is 1.22 bits per heavy atom. The second kappa shape index (κ2) is 5.92. The van der Waals surface area contributed by atoms with Gasteiger partial charge in [0.1, 0.15) is 0 Å². The summed E-state index contributed by atoms with van der Waals surface area (Å²) in [6.07, 6.45) is 1.39. The first kappa shape index (κ1) is 14.8. The summed E-state index contributed by atoms with van der Waals surface area (Å²) in [5, 5.41) is 19.6. The first-order valence-electron chi connectivity index (χ1n) is 6.81. The average Bonchev–Trinajstić information content (AvgIpc) is 3.01. The van der Waals surface area contributed by atoms with Crippen LogP contribution in [0.5, 0.6) is 23.0 Å². The van der Waals surface area contributed by atoms with Crippen LogP contribution in [-0.2, 0) is 4.79 Å². The smallest absolute Gasteiger partial charge is 0.336 e. The van der Waals surface area contributed by atoms with Crippen molar-refractivity contribution in [3.63, 3.8) is 0 Å². The fourth-order valence-electron chi connectivity index (χ4n) is 2.31. The number of phenols is 1. The van der Waals surface area contributed by atoms with E-state index in [2.05, 4.69) is 0 Å². The molecule has 1 heterocycles. The van der Waals surface area contributed by atoms with Crippen molar-refractivity contribution in [1.82, 2.24) is 0 Å². The monoisotopic (exact) mass is 314 g/mol. The van der Waals surface area contributed by atoms with Crippen LogP contribution in [0.1, 0.15) is 11.1 Å². The van der Waals surface area contributed by atoms with Crippen LogP contribution in [0.4, 0.5) is 0 Å². The van der Waals surface area contributed by atoms with E-state index >= 15 is 0 Å². The van der Waals surface area contributed by atoms with Crippen LogP contribution in [0, 0.1) is 0 Å². The Balaban J connectivity index is 2.07. The van der Waals surface area contributed by atoms with Gasteiger partial charge in [-0.15, -0.1) is 0 Å². The number of aliphatic carboxylic acids is 1. The molecule has 0 aromatic heterocycles. The summed E-state index contributed by atoms with van der Waals surface area (Å²) in [5.74, 6) is 0.0991. The molecular formula is C17H14O6. The van der Waals surface area contributed by atoms with Crippen LogP contribution in [-0.4, -0.2) is 30.1 Å². The highest BCUT2D eigenvalue weighted by atomic mass is 16.7. The zero-order valence-corrected chi connectivity index (χ0v) is 12.3. The quantitative estimate of drug-likeness (QED) is 0.667. The molecule has 0 spiro atoms. The Morgan fingerprint density at radius 3 is 2.74 bits per heavy atom. The van der Waals surface area contributed by atoms with Crippen molar-refractivity contribution in [2.75, 3.05) is 13.9 Å². The van der Waals surface area contributed by atoms with Gasteiger partial charge in [0.2, 0.25) is 6.79 Å². The molecule has 0 fully saturated rings. The summed E-state index contributed by atoms with van der Waals surface area (Å²) in [7, 11) is 1.43. The van der Waals surface area contributed by atoms with E-state index in [0.29, 0.717) is 22.6 Å². The number of benzene rings is 2. The van der Waals surface area contributed by atoms with Crippen molar-refractivity contribution in [2.45, 2.75) is 0 Å². The number of carboxylic acid groups (broad SMARTS) is 1. The fraction of sp³-hybridized carbons (Fsp3) is 0.118. The summed E-state index contributed by atoms with van der Waals surface area (Å²) in [6.45, 7) is 0.113. The minimum atomic E-state index is -1.12. The number of aromatic hydroxyl groups is 1. The molecule has 6 heteroatoms. The zero-order chi connectivity index (χ0) is 16.4. The van der Waals surface area contributed by atoms with Gasteiger partial charge in [-0.25, -0.2) is 4.79 Å². The number of carbonyl (C=O) groups is 1. The predicted molar refractivity (Wildman–Crippen MR) is 82.7 cm³/mol. The third kappa shape index (κ3) is 2.78. The second-order valence-corrected chi connectivity index (χ2v) is 4.83. The van der Waals surface area contributed by atoms with Crippen molar-refractivity contribution < 1.29 is 29.2 Å². The molecule has 2 N–H and O–H groups in total. The SMILES string of the molecule is COc1cccc(/C=C(\C(=O)O)c2ccc3c(c2)OCO3)c1O. The lowest BCUT2D eigenvalue weighted by Crippen LogP contribution is -2.00. The summed E-state index contributed by atoms with van der Waals surface area (Å²) in [6, 6.07) is 9.75. The van der Waals surface area contributed by atoms with Gasteiger partial charge >= 0.3 is 5.97 Å². The number of fused-ring (bicyclic) bond motifs is 1. The lowest BCUT2D eigenvalue weighted by atomic mass is 10.0. The molecule has 1 aliphatic heterocycles. The van der Waals surface area contributed by atoms with Gasteiger partial charge in [0.15, 0.2) is 23.0 Å². The normalized spacial score (nSPS) is 13.0. The van der Waals surface area contributed by atoms with Crippen LogP contribution in [0.3, 0.4) is 0 Å². The number of phenolic OH excluding ortho intramolecular Hbond substituents is 1. The molecule has 0 bridgehead atoms. The van der Waals surface area contributed by atoms with Gasteiger partial charge in [0, 0.05) is 5.56 Å². The first-order chi connectivity index (χ1) is 11.1. The second-order valence-electron chi connectivity index (χ2n) is 4.83. The van der Waals surface area contributed by atoms with E-state index in [9.17, 15) is 15.0 Å². The molecular weight excluding hydrogens is 300 g/mol. The summed E-state index contributed by atoms with van der Waals surface area (Å²) >= 11 is 0. The van der Waals surface area contributed by atoms with E-state index in [1.807, 2.05) is 0 Å². The van der Waals surface area contributed by atoms with Gasteiger partial charge < -0.3 is 24.4 Å². The predicted octanol–water partition coefficient (Wildman–Crippen LogP) is 2.75. The van der Waals surface area contributed by atoms with Crippen LogP contribution in [0.15, 0.2) is 36.4 Å². The molecule has 118 valence electrons. The maximum Gasteiger partial charge on any atom is 0.336 e. The molecule has 0 amide bonds. The van der Waals surface area contributed by atoms with E-state index in [1.165, 1.54) is 13.2 Å². The minimum absolute atomic E-state index is 0.0202. The van der Waals surface area contributed by atoms with E-state index in [4.69, 9.17) is 14.2 Å². The average molecular weight is 314 g/mol. The largest absolute Gasteiger partial charge is 0.504 e. The molecule has 0 saturated carbocycles. The lowest BCUT2D eigenvalue weighted by molar-refractivity contribution is -0.130. The molecule has 6 nitrogen and oxygen atoms in total. The third-order valence-corrected chi connectivity index (χ3v) is 3.46. The van der Waals surface area contributed by atoms with E-state index in [1.54, 1.807) is 36.4 Å². The van der Waals surface area contributed by atoms with Crippen molar-refractivity contribution in [1.29, 1.82) is 0 Å². The van der Waals surface area contributed by atoms with E-state index < -0.39 is 5.97 Å². The van der Waals surface area contributed by atoms with Crippen molar-refractivity contribution >= 4 is 17.6 Å². The molecule has 0 unspecified atom stereocenters. The van der Waals surface area contributed by atoms with Crippen molar-refractivity contribution in [3.8, 4) is 23.0 Å². The van der Waals surface area contributed by atoms with Crippen LogP contribution in [0.2, 0.25) is 0 Å². The Morgan fingerprint density at radius 2 is 2.00 bits per heavy atom. The zero-order valence-electron chi connectivity index (χ0n) is 12.3. The Labute approximate surface area is 132 Å². The number of ether oxygens (including phenoxy) is 3. The molecule has 2 aromatic rings. The first-order valence-corrected chi connectivity index (χ1v) is 6.81. The van der Waals surface area contributed by atoms with Crippen molar-refractivity contribution in [2.24, 2.45) is 0 Å². The highest BCUT2D eigenvalue weighted by Crippen LogP contribution is 2.36. The van der Waals surface area contributed by atoms with Gasteiger partial charge in [-0.1, -0.05) is 18.2 Å². The molecule has 0 saturated heterocycles. The minimum Gasteiger partial charge on any atom is -0.504 e. The van der Waals surface area contributed by atoms with Crippen LogP contribution < -0.4 is 14.2 Å². The van der Waals surface area contributed by atoms with Gasteiger partial charge in [-0.2, -0.15) is 0 Å². The molecule has 1 aliphatic rings. The topological polar surface area (TPSA) is 85.2 Å². The van der Waals surface area contributed by atoms with Gasteiger partial charge in [0.05, 0.1) is 12.7 Å². The van der Waals surface area contributed by atoms with E-state index in [0.717, 1.165) is 0 Å². The van der Waals surface area contributed by atoms with Gasteiger partial charge in [0.25, 0.3) is 0 Å². The fourth-order valence-corrected chi connectivity index (χ4v) is 2.31. The number of carboxylic acids is 1. The number of rotatable bonds is 4. The third-order valence-electron chi connectivity index (χ3n) is 3.46. The standard InChI is InChI=1S/C17H14O6/c1-21-14-4-2-3-11(16(14)18)7-12(17(19)20)10-5-6-13-15(8-10)23-9-22-13/h2-8,18H,9H2,1H3,(H,19,20)/b12-7-. The maximum absolute atomic E-state index is 11.6. The van der Waals surface area contributed by atoms with Gasteiger partial charge in [-0.05, 0) is 29.8 Å². The number of hydrogen-bond donors (Lipinski definition) is 2. The number of para-hydroxylation sites is 1. The highest BCUT2D eigenvalue weighted by molar-refractivity contribution is 6.21. The molecule has 0 radical (unpaired) electrons. The lowest BCUT2D eigenvalue weighted by Gasteiger charge is -2.08. The van der Waals surface area contributed by atoms with Crippen LogP contribution in [0.25, 0.3) is 11.6 Å². The van der Waals surface area contributed by atoms with E-state index in [-0.39, 0.29) is 23.9 Å². The summed E-state index contributed by atoms with van der Waals surface area (Å²) in [4.78, 5) is 11.6.